The number of thioether (sulfide) groups is 1. The van der Waals surface area contributed by atoms with E-state index in [0.717, 1.165) is 5.56 Å². The number of hydrogen-bond acceptors (Lipinski definition) is 9. The van der Waals surface area contributed by atoms with Gasteiger partial charge in [-0.2, -0.15) is 0 Å². The van der Waals surface area contributed by atoms with Crippen molar-refractivity contribution in [1.29, 1.82) is 0 Å². The molecule has 0 aromatic heterocycles. The third-order valence-corrected chi connectivity index (χ3v) is 5.50. The Kier molecular flexibility index (Phi) is 7.56. The van der Waals surface area contributed by atoms with Gasteiger partial charge in [0, 0.05) is 32.1 Å². The average Bonchev–Trinajstić information content (AvgIpc) is 2.62. The average molecular weight is 412 g/mol. The number of benzene rings is 1. The molecule has 1 aromatic carbocycles. The van der Waals surface area contributed by atoms with Crippen LogP contribution in [0.25, 0.3) is 0 Å². The van der Waals surface area contributed by atoms with Crippen LogP contribution in [0.5, 0.6) is 11.5 Å². The smallest absolute Gasteiger partial charge is 0.303 e. The largest absolute Gasteiger partial charge is 0.497 e. The van der Waals surface area contributed by atoms with E-state index in [-0.39, 0.29) is 0 Å². The molecule has 4 atom stereocenters. The first kappa shape index (κ1) is 21.9. The highest BCUT2D eigenvalue weighted by molar-refractivity contribution is 7.99. The maximum atomic E-state index is 11.8. The van der Waals surface area contributed by atoms with E-state index in [1.165, 1.54) is 39.6 Å². The van der Waals surface area contributed by atoms with Crippen molar-refractivity contribution < 1.29 is 38.1 Å². The van der Waals surface area contributed by atoms with Gasteiger partial charge >= 0.3 is 17.9 Å². The Hall–Kier alpha value is -2.42. The third-order valence-electron chi connectivity index (χ3n) is 4.09. The fourth-order valence-corrected chi connectivity index (χ4v) is 4.49. The summed E-state index contributed by atoms with van der Waals surface area (Å²) in [5.41, 5.74) is 0.719. The minimum atomic E-state index is -0.951. The second kappa shape index (κ2) is 9.68. The Morgan fingerprint density at radius 1 is 0.893 bits per heavy atom. The molecule has 0 saturated carbocycles. The Bertz CT molecular complexity index is 735. The maximum absolute atomic E-state index is 11.8. The van der Waals surface area contributed by atoms with Gasteiger partial charge in [0.15, 0.2) is 18.3 Å². The lowest BCUT2D eigenvalue weighted by atomic mass is 9.97. The standard InChI is InChI=1S/C19H24O8S/c1-10(20)25-16-9-28-19(14-8-13(23-4)6-7-15(14)24-5)18(27-12(3)22)17(16)26-11(2)21/h6-8,16-19H,9H2,1-5H3/t16-,17+,18-,19+/m1/s1. The number of methoxy groups -OCH3 is 2. The Morgan fingerprint density at radius 3 is 2.04 bits per heavy atom. The molecule has 1 aliphatic rings. The molecule has 1 saturated heterocycles. The van der Waals surface area contributed by atoms with E-state index in [2.05, 4.69) is 0 Å². The number of carbonyl (C=O) groups is 3. The Labute approximate surface area is 167 Å². The molecule has 0 N–H and O–H groups in total. The molecule has 0 radical (unpaired) electrons. The lowest BCUT2D eigenvalue weighted by Crippen LogP contribution is -2.51. The molecule has 0 amide bonds. The van der Waals surface area contributed by atoms with Crippen molar-refractivity contribution >= 4 is 29.7 Å². The summed E-state index contributed by atoms with van der Waals surface area (Å²) >= 11 is 1.41. The molecule has 0 unspecified atom stereocenters. The molecule has 1 heterocycles. The van der Waals surface area contributed by atoms with E-state index in [1.54, 1.807) is 25.3 Å². The van der Waals surface area contributed by atoms with Crippen LogP contribution in [-0.2, 0) is 28.6 Å². The normalized spacial score (nSPS) is 24.0. The zero-order chi connectivity index (χ0) is 20.8. The summed E-state index contributed by atoms with van der Waals surface area (Å²) in [6, 6.07) is 5.28. The highest BCUT2D eigenvalue weighted by atomic mass is 32.2. The predicted octanol–water partition coefficient (Wildman–Crippen LogP) is 2.29. The molecule has 0 bridgehead atoms. The molecule has 8 nitrogen and oxygen atoms in total. The summed E-state index contributed by atoms with van der Waals surface area (Å²) in [5, 5.41) is -0.426. The topological polar surface area (TPSA) is 97.4 Å². The highest BCUT2D eigenvalue weighted by Gasteiger charge is 2.47. The number of carbonyl (C=O) groups excluding carboxylic acids is 3. The van der Waals surface area contributed by atoms with Gasteiger partial charge in [-0.3, -0.25) is 14.4 Å². The number of esters is 3. The lowest BCUT2D eigenvalue weighted by Gasteiger charge is -2.40. The monoisotopic (exact) mass is 412 g/mol. The summed E-state index contributed by atoms with van der Waals surface area (Å²) in [7, 11) is 3.08. The third kappa shape index (κ3) is 5.31. The second-order valence-corrected chi connectivity index (χ2v) is 7.33. The Balaban J connectivity index is 2.49. The van der Waals surface area contributed by atoms with E-state index in [4.69, 9.17) is 23.7 Å². The quantitative estimate of drug-likeness (QED) is 0.515. The first-order chi connectivity index (χ1) is 13.3. The first-order valence-electron chi connectivity index (χ1n) is 8.62. The van der Waals surface area contributed by atoms with E-state index in [9.17, 15) is 14.4 Å². The molecule has 1 aliphatic heterocycles. The van der Waals surface area contributed by atoms with Crippen molar-refractivity contribution in [2.45, 2.75) is 44.3 Å². The molecule has 1 fully saturated rings. The number of hydrogen-bond donors (Lipinski definition) is 0. The first-order valence-corrected chi connectivity index (χ1v) is 9.66. The summed E-state index contributed by atoms with van der Waals surface area (Å²) in [4.78, 5) is 35.0. The summed E-state index contributed by atoms with van der Waals surface area (Å²) in [6.07, 6.45) is -2.58. The van der Waals surface area contributed by atoms with Crippen LogP contribution in [0.3, 0.4) is 0 Å². The van der Waals surface area contributed by atoms with Crippen LogP contribution >= 0.6 is 11.8 Å². The summed E-state index contributed by atoms with van der Waals surface area (Å²) in [5.74, 6) is -0.102. The molecular formula is C19H24O8S. The van der Waals surface area contributed by atoms with Gasteiger partial charge in [0.25, 0.3) is 0 Å². The van der Waals surface area contributed by atoms with Crippen LogP contribution in [0.4, 0.5) is 0 Å². The number of ether oxygens (including phenoxy) is 5. The fourth-order valence-electron chi connectivity index (χ4n) is 3.07. The summed E-state index contributed by atoms with van der Waals surface area (Å²) in [6.45, 7) is 3.79. The van der Waals surface area contributed by atoms with Crippen molar-refractivity contribution in [1.82, 2.24) is 0 Å². The SMILES string of the molecule is COc1ccc(OC)c([C@@H]2SC[C@@H](OC(C)=O)[C@H](OC(C)=O)[C@H]2OC(C)=O)c1. The minimum Gasteiger partial charge on any atom is -0.497 e. The zero-order valence-corrected chi connectivity index (χ0v) is 17.2. The van der Waals surface area contributed by atoms with Crippen molar-refractivity contribution in [3.63, 3.8) is 0 Å². The van der Waals surface area contributed by atoms with Gasteiger partial charge in [0.05, 0.1) is 19.5 Å². The van der Waals surface area contributed by atoms with Gasteiger partial charge in [-0.05, 0) is 18.2 Å². The zero-order valence-electron chi connectivity index (χ0n) is 16.4. The van der Waals surface area contributed by atoms with Crippen molar-refractivity contribution in [3.8, 4) is 11.5 Å². The minimum absolute atomic E-state index is 0.348. The predicted molar refractivity (Wildman–Crippen MR) is 101 cm³/mol. The van der Waals surface area contributed by atoms with Gasteiger partial charge < -0.3 is 23.7 Å². The van der Waals surface area contributed by atoms with Crippen LogP contribution in [0, 0.1) is 0 Å². The van der Waals surface area contributed by atoms with Gasteiger partial charge in [0.2, 0.25) is 0 Å². The lowest BCUT2D eigenvalue weighted by molar-refractivity contribution is -0.182. The maximum Gasteiger partial charge on any atom is 0.303 e. The molecule has 1 aromatic rings. The van der Waals surface area contributed by atoms with E-state index >= 15 is 0 Å². The van der Waals surface area contributed by atoms with Crippen molar-refractivity contribution in [3.05, 3.63) is 23.8 Å². The van der Waals surface area contributed by atoms with Crippen LogP contribution in [0.1, 0.15) is 31.6 Å². The summed E-state index contributed by atoms with van der Waals surface area (Å²) < 4.78 is 27.0. The molecule has 28 heavy (non-hydrogen) atoms. The number of rotatable bonds is 6. The molecule has 0 spiro atoms. The van der Waals surface area contributed by atoms with Gasteiger partial charge in [-0.15, -0.1) is 11.8 Å². The molecule has 2 rings (SSSR count). The Morgan fingerprint density at radius 2 is 1.50 bits per heavy atom. The molecule has 0 aliphatic carbocycles. The van der Waals surface area contributed by atoms with Crippen molar-refractivity contribution in [2.24, 2.45) is 0 Å². The van der Waals surface area contributed by atoms with Gasteiger partial charge in [-0.1, -0.05) is 0 Å². The van der Waals surface area contributed by atoms with Crippen LogP contribution in [-0.4, -0.2) is 56.2 Å². The molecular weight excluding hydrogens is 388 g/mol. The highest BCUT2D eigenvalue weighted by Crippen LogP contribution is 2.46. The van der Waals surface area contributed by atoms with E-state index < -0.39 is 41.5 Å². The van der Waals surface area contributed by atoms with Gasteiger partial charge in [-0.25, -0.2) is 0 Å². The fraction of sp³-hybridized carbons (Fsp3) is 0.526. The van der Waals surface area contributed by atoms with E-state index in [0.29, 0.717) is 17.3 Å². The van der Waals surface area contributed by atoms with Crippen molar-refractivity contribution in [2.75, 3.05) is 20.0 Å². The molecule has 9 heteroatoms. The van der Waals surface area contributed by atoms with Crippen LogP contribution in [0.15, 0.2) is 18.2 Å². The molecule has 154 valence electrons. The van der Waals surface area contributed by atoms with Crippen LogP contribution in [0.2, 0.25) is 0 Å². The van der Waals surface area contributed by atoms with E-state index in [1.807, 2.05) is 0 Å². The second-order valence-electron chi connectivity index (χ2n) is 6.16. The van der Waals surface area contributed by atoms with Crippen LogP contribution < -0.4 is 9.47 Å². The van der Waals surface area contributed by atoms with Gasteiger partial charge in [0.1, 0.15) is 11.5 Å².